The number of hydrogen-bond acceptors (Lipinski definition) is 2. The van der Waals surface area contributed by atoms with Gasteiger partial charge in [-0.3, -0.25) is 4.79 Å². The summed E-state index contributed by atoms with van der Waals surface area (Å²) in [7, 11) is 0. The molecular weight excluding hydrogens is 233 g/mol. The van der Waals surface area contributed by atoms with Gasteiger partial charge in [-0.1, -0.05) is 0 Å². The molecule has 0 aliphatic heterocycles. The molecule has 0 aliphatic carbocycles. The minimum Gasteiger partial charge on any atom is -0.374 e. The van der Waals surface area contributed by atoms with Crippen molar-refractivity contribution in [1.82, 2.24) is 5.32 Å². The monoisotopic (exact) mass is 246 g/mol. The number of rotatable bonds is 4. The van der Waals surface area contributed by atoms with Crippen molar-refractivity contribution in [3.63, 3.8) is 0 Å². The maximum atomic E-state index is 13.1. The van der Waals surface area contributed by atoms with E-state index in [0.29, 0.717) is 12.1 Å². The molecular formula is C11H13F3N2O. The van der Waals surface area contributed by atoms with Gasteiger partial charge in [0.05, 0.1) is 12.2 Å². The van der Waals surface area contributed by atoms with Crippen molar-refractivity contribution in [3.8, 4) is 0 Å². The van der Waals surface area contributed by atoms with Crippen LogP contribution in [-0.4, -0.2) is 18.5 Å². The highest BCUT2D eigenvalue weighted by atomic mass is 19.2. The molecule has 0 fully saturated rings. The normalized spacial score (nSPS) is 10.5. The zero-order chi connectivity index (χ0) is 13.0. The van der Waals surface area contributed by atoms with Gasteiger partial charge in [0, 0.05) is 18.2 Å². The third kappa shape index (κ3) is 3.97. The summed E-state index contributed by atoms with van der Waals surface area (Å²) in [5.74, 6) is -3.73. The summed E-state index contributed by atoms with van der Waals surface area (Å²) in [4.78, 5) is 11.2. The van der Waals surface area contributed by atoms with Crippen molar-refractivity contribution in [2.75, 3.05) is 11.9 Å². The summed E-state index contributed by atoms with van der Waals surface area (Å²) in [5, 5.41) is 4.96. The molecule has 0 heterocycles. The zero-order valence-corrected chi connectivity index (χ0v) is 9.48. The Morgan fingerprint density at radius 2 is 1.76 bits per heavy atom. The van der Waals surface area contributed by atoms with Gasteiger partial charge in [-0.2, -0.15) is 0 Å². The summed E-state index contributed by atoms with van der Waals surface area (Å²) in [5.41, 5.74) is -0.247. The van der Waals surface area contributed by atoms with Gasteiger partial charge in [-0.15, -0.1) is 0 Å². The van der Waals surface area contributed by atoms with Crippen molar-refractivity contribution >= 4 is 11.6 Å². The largest absolute Gasteiger partial charge is 0.374 e. The molecule has 3 nitrogen and oxygen atoms in total. The molecule has 0 saturated heterocycles. The lowest BCUT2D eigenvalue weighted by atomic mass is 10.2. The first kappa shape index (κ1) is 13.3. The van der Waals surface area contributed by atoms with Crippen LogP contribution in [-0.2, 0) is 4.79 Å². The van der Waals surface area contributed by atoms with Crippen LogP contribution in [0.4, 0.5) is 18.9 Å². The lowest BCUT2D eigenvalue weighted by Gasteiger charge is -2.10. The molecule has 0 unspecified atom stereocenters. The molecule has 1 amide bonds. The number of amides is 1. The van der Waals surface area contributed by atoms with E-state index in [4.69, 9.17) is 0 Å². The van der Waals surface area contributed by atoms with E-state index in [1.165, 1.54) is 0 Å². The highest BCUT2D eigenvalue weighted by Gasteiger charge is 2.10. The minimum atomic E-state index is -1.26. The molecule has 2 N–H and O–H groups in total. The van der Waals surface area contributed by atoms with Crippen LogP contribution in [0.3, 0.4) is 0 Å². The molecule has 0 aromatic heterocycles. The molecule has 0 radical (unpaired) electrons. The van der Waals surface area contributed by atoms with Crippen LogP contribution in [0.25, 0.3) is 0 Å². The molecule has 6 heteroatoms. The first-order valence-corrected chi connectivity index (χ1v) is 5.08. The van der Waals surface area contributed by atoms with Crippen LogP contribution in [0.5, 0.6) is 0 Å². The first-order valence-electron chi connectivity index (χ1n) is 5.08. The number of benzene rings is 1. The van der Waals surface area contributed by atoms with E-state index in [1.807, 2.05) is 0 Å². The van der Waals surface area contributed by atoms with Crippen LogP contribution in [0.2, 0.25) is 0 Å². The van der Waals surface area contributed by atoms with Crippen LogP contribution in [0.1, 0.15) is 13.8 Å². The van der Waals surface area contributed by atoms with E-state index in [2.05, 4.69) is 10.6 Å². The Morgan fingerprint density at radius 1 is 1.18 bits per heavy atom. The van der Waals surface area contributed by atoms with Crippen LogP contribution >= 0.6 is 0 Å². The topological polar surface area (TPSA) is 41.1 Å². The Bertz CT molecular complexity index is 421. The van der Waals surface area contributed by atoms with E-state index in [0.717, 1.165) is 0 Å². The average molecular weight is 246 g/mol. The molecule has 1 aromatic carbocycles. The highest BCUT2D eigenvalue weighted by Crippen LogP contribution is 2.17. The fourth-order valence-electron chi connectivity index (χ4n) is 1.21. The van der Waals surface area contributed by atoms with Crippen LogP contribution < -0.4 is 10.6 Å². The second-order valence-corrected chi connectivity index (χ2v) is 3.82. The average Bonchev–Trinajstić information content (AvgIpc) is 2.20. The van der Waals surface area contributed by atoms with Crippen molar-refractivity contribution in [3.05, 3.63) is 29.6 Å². The fraction of sp³-hybridized carbons (Fsp3) is 0.364. The molecule has 94 valence electrons. The molecule has 0 bridgehead atoms. The number of carbonyl (C=O) groups excluding carboxylic acids is 1. The Labute approximate surface area is 97.0 Å². The molecule has 0 aliphatic rings. The van der Waals surface area contributed by atoms with E-state index >= 15 is 0 Å². The second kappa shape index (κ2) is 5.56. The van der Waals surface area contributed by atoms with E-state index in [9.17, 15) is 18.0 Å². The van der Waals surface area contributed by atoms with Gasteiger partial charge in [0.2, 0.25) is 5.91 Å². The molecule has 0 spiro atoms. The third-order valence-corrected chi connectivity index (χ3v) is 1.90. The SMILES string of the molecule is CC(C)NC(=O)CNc1cc(F)c(F)cc1F. The Kier molecular flexibility index (Phi) is 4.37. The summed E-state index contributed by atoms with van der Waals surface area (Å²) in [6.07, 6.45) is 0. The molecule has 17 heavy (non-hydrogen) atoms. The second-order valence-electron chi connectivity index (χ2n) is 3.82. The predicted octanol–water partition coefficient (Wildman–Crippen LogP) is 2.04. The lowest BCUT2D eigenvalue weighted by molar-refractivity contribution is -0.119. The highest BCUT2D eigenvalue weighted by molar-refractivity contribution is 5.80. The van der Waals surface area contributed by atoms with E-state index in [-0.39, 0.29) is 24.2 Å². The van der Waals surface area contributed by atoms with Gasteiger partial charge in [-0.05, 0) is 13.8 Å². The van der Waals surface area contributed by atoms with Gasteiger partial charge in [0.25, 0.3) is 0 Å². The number of halogens is 3. The van der Waals surface area contributed by atoms with Gasteiger partial charge >= 0.3 is 0 Å². The van der Waals surface area contributed by atoms with Crippen molar-refractivity contribution in [1.29, 1.82) is 0 Å². The van der Waals surface area contributed by atoms with Gasteiger partial charge in [0.15, 0.2) is 11.6 Å². The van der Waals surface area contributed by atoms with Crippen molar-refractivity contribution < 1.29 is 18.0 Å². The van der Waals surface area contributed by atoms with Gasteiger partial charge < -0.3 is 10.6 Å². The van der Waals surface area contributed by atoms with E-state index < -0.39 is 17.5 Å². The lowest BCUT2D eigenvalue weighted by Crippen LogP contribution is -2.35. The Balaban J connectivity index is 2.63. The zero-order valence-electron chi connectivity index (χ0n) is 9.48. The van der Waals surface area contributed by atoms with Crippen molar-refractivity contribution in [2.45, 2.75) is 19.9 Å². The molecule has 1 rings (SSSR count). The predicted molar refractivity (Wildman–Crippen MR) is 58.1 cm³/mol. The Hall–Kier alpha value is -1.72. The smallest absolute Gasteiger partial charge is 0.239 e. The number of anilines is 1. The summed E-state index contributed by atoms with van der Waals surface area (Å²) in [6, 6.07) is 1.06. The number of carbonyl (C=O) groups is 1. The number of hydrogen-bond donors (Lipinski definition) is 2. The minimum absolute atomic E-state index is 0.0425. The first-order chi connectivity index (χ1) is 7.90. The standard InChI is InChI=1S/C11H13F3N2O/c1-6(2)16-11(17)5-15-10-4-8(13)7(12)3-9(10)14/h3-4,6,15H,5H2,1-2H3,(H,16,17). The molecule has 0 saturated carbocycles. The molecule has 1 aromatic rings. The quantitative estimate of drug-likeness (QED) is 0.798. The molecule has 0 atom stereocenters. The third-order valence-electron chi connectivity index (χ3n) is 1.90. The van der Waals surface area contributed by atoms with Gasteiger partial charge in [0.1, 0.15) is 5.82 Å². The summed E-state index contributed by atoms with van der Waals surface area (Å²) in [6.45, 7) is 3.34. The Morgan fingerprint density at radius 3 is 2.35 bits per heavy atom. The van der Waals surface area contributed by atoms with E-state index in [1.54, 1.807) is 13.8 Å². The number of nitrogens with one attached hydrogen (secondary N) is 2. The fourth-order valence-corrected chi connectivity index (χ4v) is 1.21. The van der Waals surface area contributed by atoms with Gasteiger partial charge in [-0.25, -0.2) is 13.2 Å². The summed E-state index contributed by atoms with van der Waals surface area (Å²) >= 11 is 0. The maximum Gasteiger partial charge on any atom is 0.239 e. The van der Waals surface area contributed by atoms with Crippen molar-refractivity contribution in [2.24, 2.45) is 0 Å². The van der Waals surface area contributed by atoms with Crippen LogP contribution in [0, 0.1) is 17.5 Å². The summed E-state index contributed by atoms with van der Waals surface area (Å²) < 4.78 is 38.6. The van der Waals surface area contributed by atoms with Crippen LogP contribution in [0.15, 0.2) is 12.1 Å². The maximum absolute atomic E-state index is 13.1.